The van der Waals surface area contributed by atoms with Crippen molar-refractivity contribution in [3.63, 3.8) is 0 Å². The van der Waals surface area contributed by atoms with Gasteiger partial charge in [0.25, 0.3) is 0 Å². The van der Waals surface area contributed by atoms with Gasteiger partial charge in [-0.3, -0.25) is 19.6 Å². The highest BCUT2D eigenvalue weighted by Crippen LogP contribution is 2.18. The fraction of sp³-hybridized carbons (Fsp3) is 0.545. The molecule has 172 valence electrons. The molecule has 1 aromatic carbocycles. The van der Waals surface area contributed by atoms with E-state index in [0.717, 1.165) is 0 Å². The third kappa shape index (κ3) is 9.17. The van der Waals surface area contributed by atoms with E-state index in [2.05, 4.69) is 15.4 Å². The van der Waals surface area contributed by atoms with Crippen molar-refractivity contribution in [2.45, 2.75) is 53.0 Å². The summed E-state index contributed by atoms with van der Waals surface area (Å²) in [4.78, 5) is 48.8. The summed E-state index contributed by atoms with van der Waals surface area (Å²) in [5.74, 6) is -2.35. The Morgan fingerprint density at radius 1 is 0.935 bits per heavy atom. The molecule has 0 saturated heterocycles. The van der Waals surface area contributed by atoms with E-state index in [4.69, 9.17) is 5.21 Å². The Kier molecular flexibility index (Phi) is 10.7. The number of hydrogen-bond donors (Lipinski definition) is 4. The average Bonchev–Trinajstić information content (AvgIpc) is 2.71. The first-order valence-electron chi connectivity index (χ1n) is 10.3. The molecule has 1 aromatic rings. The van der Waals surface area contributed by atoms with Crippen molar-refractivity contribution in [1.29, 1.82) is 0 Å². The highest BCUT2D eigenvalue weighted by atomic mass is 16.5. The normalized spacial score (nSPS) is 12.8. The van der Waals surface area contributed by atoms with Crippen molar-refractivity contribution >= 4 is 29.4 Å². The van der Waals surface area contributed by atoms with Crippen molar-refractivity contribution < 1.29 is 29.1 Å². The number of hydrogen-bond acceptors (Lipinski definition) is 6. The average molecular weight is 436 g/mol. The minimum atomic E-state index is -0.806. The molecule has 4 N–H and O–H groups in total. The molecule has 9 nitrogen and oxygen atoms in total. The molecule has 0 aromatic heterocycles. The van der Waals surface area contributed by atoms with Crippen LogP contribution >= 0.6 is 0 Å². The Morgan fingerprint density at radius 3 is 2.00 bits per heavy atom. The smallest absolute Gasteiger partial charge is 0.337 e. The summed E-state index contributed by atoms with van der Waals surface area (Å²) in [6.07, 6.45) is 0.661. The van der Waals surface area contributed by atoms with E-state index in [9.17, 15) is 19.2 Å². The van der Waals surface area contributed by atoms with Gasteiger partial charge in [-0.2, -0.15) is 0 Å². The maximum absolute atomic E-state index is 12.8. The van der Waals surface area contributed by atoms with Gasteiger partial charge in [0.15, 0.2) is 0 Å². The lowest BCUT2D eigenvalue weighted by atomic mass is 9.92. The van der Waals surface area contributed by atoms with Crippen LogP contribution < -0.4 is 16.1 Å². The van der Waals surface area contributed by atoms with Crippen molar-refractivity contribution in [2.75, 3.05) is 12.4 Å². The Labute approximate surface area is 182 Å². The molecular formula is C22H33N3O6. The first-order valence-corrected chi connectivity index (χ1v) is 10.3. The molecular weight excluding hydrogens is 402 g/mol. The van der Waals surface area contributed by atoms with Crippen molar-refractivity contribution in [1.82, 2.24) is 10.8 Å². The van der Waals surface area contributed by atoms with Crippen LogP contribution in [0.4, 0.5) is 5.69 Å². The Hall–Kier alpha value is -2.94. The first kappa shape index (κ1) is 26.1. The van der Waals surface area contributed by atoms with E-state index < -0.39 is 35.7 Å². The summed E-state index contributed by atoms with van der Waals surface area (Å²) in [5.41, 5.74) is 2.37. The quantitative estimate of drug-likeness (QED) is 0.240. The van der Waals surface area contributed by atoms with Gasteiger partial charge >= 0.3 is 5.97 Å². The van der Waals surface area contributed by atoms with Crippen LogP contribution in [0.1, 0.15) is 57.3 Å². The minimum Gasteiger partial charge on any atom is -0.465 e. The van der Waals surface area contributed by atoms with Gasteiger partial charge in [0, 0.05) is 18.0 Å². The van der Waals surface area contributed by atoms with Crippen molar-refractivity contribution in [3.8, 4) is 0 Å². The highest BCUT2D eigenvalue weighted by molar-refractivity contribution is 5.98. The second-order valence-electron chi connectivity index (χ2n) is 8.31. The number of methoxy groups -OCH3 is 1. The van der Waals surface area contributed by atoms with Gasteiger partial charge in [0.2, 0.25) is 17.7 Å². The molecule has 31 heavy (non-hydrogen) atoms. The van der Waals surface area contributed by atoms with E-state index >= 15 is 0 Å². The Balaban J connectivity index is 2.92. The number of esters is 1. The summed E-state index contributed by atoms with van der Waals surface area (Å²) in [5, 5.41) is 14.3. The molecule has 9 heteroatoms. The highest BCUT2D eigenvalue weighted by Gasteiger charge is 2.28. The second kappa shape index (κ2) is 12.7. The van der Waals surface area contributed by atoms with Gasteiger partial charge in [-0.15, -0.1) is 0 Å². The van der Waals surface area contributed by atoms with Gasteiger partial charge < -0.3 is 15.4 Å². The number of carbonyl (C=O) groups is 4. The van der Waals surface area contributed by atoms with Gasteiger partial charge in [-0.05, 0) is 48.9 Å². The first-order chi connectivity index (χ1) is 14.6. The Morgan fingerprint density at radius 2 is 1.52 bits per heavy atom. The molecule has 0 aliphatic heterocycles. The maximum Gasteiger partial charge on any atom is 0.337 e. The monoisotopic (exact) mass is 435 g/mol. The fourth-order valence-electron chi connectivity index (χ4n) is 3.15. The number of carbonyl (C=O) groups excluding carboxylic acids is 4. The molecule has 0 bridgehead atoms. The number of anilines is 1. The SMILES string of the molecule is COC(=O)c1ccc(NC(=O)[C@H](CC(C)C)NC(=O)[C@@H](CC(=O)NO)CC(C)C)cc1. The lowest BCUT2D eigenvalue weighted by Gasteiger charge is -2.24. The van der Waals surface area contributed by atoms with E-state index in [-0.39, 0.29) is 18.3 Å². The van der Waals surface area contributed by atoms with Crippen molar-refractivity contribution in [2.24, 2.45) is 17.8 Å². The van der Waals surface area contributed by atoms with Crippen LogP contribution in [0.15, 0.2) is 24.3 Å². The number of ether oxygens (including phenoxy) is 1. The molecule has 0 fully saturated rings. The number of hydroxylamine groups is 1. The van der Waals surface area contributed by atoms with Crippen LogP contribution in [0.3, 0.4) is 0 Å². The zero-order valence-electron chi connectivity index (χ0n) is 18.7. The molecule has 0 spiro atoms. The summed E-state index contributed by atoms with van der Waals surface area (Å²) in [7, 11) is 1.29. The molecule has 3 amide bonds. The Bertz CT molecular complexity index is 761. The molecule has 0 radical (unpaired) electrons. The predicted molar refractivity (Wildman–Crippen MR) is 115 cm³/mol. The minimum absolute atomic E-state index is 0.127. The molecule has 0 aliphatic carbocycles. The van der Waals surface area contributed by atoms with Crippen LogP contribution in [-0.4, -0.2) is 42.0 Å². The third-order valence-electron chi connectivity index (χ3n) is 4.60. The lowest BCUT2D eigenvalue weighted by Crippen LogP contribution is -2.47. The molecule has 0 aliphatic rings. The van der Waals surface area contributed by atoms with Crippen LogP contribution in [0, 0.1) is 17.8 Å². The standard InChI is InChI=1S/C22H33N3O6/c1-13(2)10-16(12-19(26)25-30)20(27)24-18(11-14(3)4)21(28)23-17-8-6-15(7-9-17)22(29)31-5/h6-9,13-14,16,18,30H,10-12H2,1-5H3,(H,23,28)(H,24,27)(H,25,26)/t16-,18+/m1/s1. The van der Waals surface area contributed by atoms with Gasteiger partial charge in [0.05, 0.1) is 12.7 Å². The van der Waals surface area contributed by atoms with Gasteiger partial charge in [0.1, 0.15) is 6.04 Å². The largest absolute Gasteiger partial charge is 0.465 e. The van der Waals surface area contributed by atoms with E-state index in [0.29, 0.717) is 24.1 Å². The van der Waals surface area contributed by atoms with Gasteiger partial charge in [-0.1, -0.05) is 27.7 Å². The number of nitrogens with one attached hydrogen (secondary N) is 3. The van der Waals surface area contributed by atoms with Crippen LogP contribution in [-0.2, 0) is 19.1 Å². The molecule has 0 saturated carbocycles. The van der Waals surface area contributed by atoms with Crippen LogP contribution in [0.25, 0.3) is 0 Å². The zero-order chi connectivity index (χ0) is 23.6. The van der Waals surface area contributed by atoms with Gasteiger partial charge in [-0.25, -0.2) is 10.3 Å². The number of rotatable bonds is 11. The summed E-state index contributed by atoms with van der Waals surface area (Å²) in [6, 6.07) is 5.41. The lowest BCUT2D eigenvalue weighted by molar-refractivity contribution is -0.136. The molecule has 0 unspecified atom stereocenters. The van der Waals surface area contributed by atoms with Crippen LogP contribution in [0.5, 0.6) is 0 Å². The zero-order valence-corrected chi connectivity index (χ0v) is 18.7. The van der Waals surface area contributed by atoms with E-state index in [1.807, 2.05) is 27.7 Å². The summed E-state index contributed by atoms with van der Waals surface area (Å²) >= 11 is 0. The van der Waals surface area contributed by atoms with E-state index in [1.165, 1.54) is 19.2 Å². The number of amides is 3. The van der Waals surface area contributed by atoms with Crippen LogP contribution in [0.2, 0.25) is 0 Å². The van der Waals surface area contributed by atoms with Crippen molar-refractivity contribution in [3.05, 3.63) is 29.8 Å². The fourth-order valence-corrected chi connectivity index (χ4v) is 3.15. The topological polar surface area (TPSA) is 134 Å². The van der Waals surface area contributed by atoms with E-state index in [1.54, 1.807) is 17.6 Å². The third-order valence-corrected chi connectivity index (χ3v) is 4.60. The summed E-state index contributed by atoms with van der Waals surface area (Å²) in [6.45, 7) is 7.71. The summed E-state index contributed by atoms with van der Waals surface area (Å²) < 4.78 is 4.65. The molecule has 0 heterocycles. The number of benzene rings is 1. The predicted octanol–water partition coefficient (Wildman–Crippen LogP) is 2.50. The molecule has 1 rings (SSSR count). The second-order valence-corrected chi connectivity index (χ2v) is 8.31. The maximum atomic E-state index is 12.8. The molecule has 2 atom stereocenters.